The summed E-state index contributed by atoms with van der Waals surface area (Å²) < 4.78 is 0. The molecule has 1 aromatic rings. The predicted molar refractivity (Wildman–Crippen MR) is 86.0 cm³/mol. The molecule has 0 radical (unpaired) electrons. The molecular weight excluding hydrogens is 270 g/mol. The third-order valence-electron chi connectivity index (χ3n) is 2.92. The third kappa shape index (κ3) is 6.96. The number of carbonyl (C=O) groups is 1. The summed E-state index contributed by atoms with van der Waals surface area (Å²) in [5.41, 5.74) is 0.469. The molecule has 0 fully saturated rings. The van der Waals surface area contributed by atoms with Gasteiger partial charge >= 0.3 is 0 Å². The fraction of sp³-hybridized carbons (Fsp3) is 0.562. The molecule has 0 saturated heterocycles. The second-order valence-corrected chi connectivity index (χ2v) is 6.61. The first-order valence-electron chi connectivity index (χ1n) is 7.04. The summed E-state index contributed by atoms with van der Waals surface area (Å²) in [7, 11) is 0. The van der Waals surface area contributed by atoms with Crippen molar-refractivity contribution in [2.24, 2.45) is 0 Å². The maximum absolute atomic E-state index is 12.1. The van der Waals surface area contributed by atoms with Crippen LogP contribution in [-0.2, 0) is 11.2 Å². The normalized spacial score (nSPS) is 11.4. The zero-order valence-electron chi connectivity index (χ0n) is 12.6. The van der Waals surface area contributed by atoms with E-state index >= 15 is 0 Å². The molecule has 112 valence electrons. The van der Waals surface area contributed by atoms with Crippen LogP contribution in [0.1, 0.15) is 26.3 Å². The molecule has 3 nitrogen and oxygen atoms in total. The monoisotopic (exact) mass is 295 g/mol. The summed E-state index contributed by atoms with van der Waals surface area (Å²) in [6.07, 6.45) is 0.983. The molecule has 0 aliphatic rings. The molecule has 0 bridgehead atoms. The Morgan fingerprint density at radius 2 is 1.95 bits per heavy atom. The van der Waals surface area contributed by atoms with Crippen LogP contribution in [0.15, 0.2) is 30.3 Å². The van der Waals surface area contributed by atoms with Gasteiger partial charge in [0.25, 0.3) is 0 Å². The second-order valence-electron chi connectivity index (χ2n) is 5.51. The van der Waals surface area contributed by atoms with E-state index in [-0.39, 0.29) is 5.91 Å². The lowest BCUT2D eigenvalue weighted by atomic mass is 10.1. The van der Waals surface area contributed by atoms with E-state index in [0.29, 0.717) is 18.8 Å². The topological polar surface area (TPSA) is 40.5 Å². The van der Waals surface area contributed by atoms with E-state index in [4.69, 9.17) is 0 Å². The second kappa shape index (κ2) is 8.32. The van der Waals surface area contributed by atoms with Crippen molar-refractivity contribution < 1.29 is 9.90 Å². The first-order valence-corrected chi connectivity index (χ1v) is 8.19. The highest BCUT2D eigenvalue weighted by molar-refractivity contribution is 7.99. The number of carbonyl (C=O) groups excluding carboxylic acids is 1. The number of hydrogen-bond acceptors (Lipinski definition) is 3. The van der Waals surface area contributed by atoms with E-state index in [1.165, 1.54) is 5.56 Å². The highest BCUT2D eigenvalue weighted by Gasteiger charge is 2.20. The number of rotatable bonds is 8. The van der Waals surface area contributed by atoms with Crippen molar-refractivity contribution in [3.05, 3.63) is 35.9 Å². The summed E-state index contributed by atoms with van der Waals surface area (Å²) in [6.45, 7) is 6.43. The SMILES string of the molecule is CCN(CC(C)(C)O)C(=O)CSCCc1ccccc1. The van der Waals surface area contributed by atoms with E-state index in [9.17, 15) is 9.90 Å². The lowest BCUT2D eigenvalue weighted by Crippen LogP contribution is -2.42. The Bertz CT molecular complexity index is 401. The van der Waals surface area contributed by atoms with Gasteiger partial charge in [0, 0.05) is 13.1 Å². The van der Waals surface area contributed by atoms with Crippen LogP contribution >= 0.6 is 11.8 Å². The largest absolute Gasteiger partial charge is 0.389 e. The highest BCUT2D eigenvalue weighted by Crippen LogP contribution is 2.10. The van der Waals surface area contributed by atoms with Crippen molar-refractivity contribution in [1.82, 2.24) is 4.90 Å². The number of thioether (sulfide) groups is 1. The lowest BCUT2D eigenvalue weighted by molar-refractivity contribution is -0.131. The van der Waals surface area contributed by atoms with E-state index < -0.39 is 5.60 Å². The number of amides is 1. The Kier molecular flexibility index (Phi) is 7.10. The Hall–Kier alpha value is -1.00. The smallest absolute Gasteiger partial charge is 0.232 e. The van der Waals surface area contributed by atoms with E-state index in [2.05, 4.69) is 12.1 Å². The van der Waals surface area contributed by atoms with Crippen LogP contribution in [0.2, 0.25) is 0 Å². The van der Waals surface area contributed by atoms with Gasteiger partial charge < -0.3 is 10.0 Å². The zero-order valence-corrected chi connectivity index (χ0v) is 13.4. The van der Waals surface area contributed by atoms with Crippen LogP contribution < -0.4 is 0 Å². The molecule has 0 aliphatic carbocycles. The summed E-state index contributed by atoms with van der Waals surface area (Å²) >= 11 is 1.65. The average Bonchev–Trinajstić information content (AvgIpc) is 2.41. The lowest BCUT2D eigenvalue weighted by Gasteiger charge is -2.28. The molecular formula is C16H25NO2S. The van der Waals surface area contributed by atoms with Gasteiger partial charge in [0.05, 0.1) is 11.4 Å². The van der Waals surface area contributed by atoms with Crippen LogP contribution in [0.3, 0.4) is 0 Å². The van der Waals surface area contributed by atoms with Gasteiger partial charge in [-0.05, 0) is 38.5 Å². The molecule has 0 spiro atoms. The fourth-order valence-corrected chi connectivity index (χ4v) is 2.81. The Morgan fingerprint density at radius 3 is 2.50 bits per heavy atom. The average molecular weight is 295 g/mol. The van der Waals surface area contributed by atoms with E-state index in [1.54, 1.807) is 30.5 Å². The summed E-state index contributed by atoms with van der Waals surface area (Å²) in [5, 5.41) is 9.79. The van der Waals surface area contributed by atoms with Gasteiger partial charge in [0.2, 0.25) is 5.91 Å². The highest BCUT2D eigenvalue weighted by atomic mass is 32.2. The Balaban J connectivity index is 2.28. The minimum absolute atomic E-state index is 0.104. The third-order valence-corrected chi connectivity index (χ3v) is 3.86. The first kappa shape index (κ1) is 17.1. The molecule has 4 heteroatoms. The molecule has 1 amide bonds. The molecule has 0 aromatic heterocycles. The number of hydrogen-bond donors (Lipinski definition) is 1. The molecule has 0 unspecified atom stereocenters. The van der Waals surface area contributed by atoms with Gasteiger partial charge in [-0.25, -0.2) is 0 Å². The molecule has 0 atom stereocenters. The maximum Gasteiger partial charge on any atom is 0.232 e. The Morgan fingerprint density at radius 1 is 1.30 bits per heavy atom. The van der Waals surface area contributed by atoms with Gasteiger partial charge in [-0.1, -0.05) is 30.3 Å². The number of likely N-dealkylation sites (N-methyl/N-ethyl adjacent to an activating group) is 1. The number of aliphatic hydroxyl groups is 1. The van der Waals surface area contributed by atoms with Gasteiger partial charge in [0.1, 0.15) is 0 Å². The van der Waals surface area contributed by atoms with Gasteiger partial charge in [-0.15, -0.1) is 0 Å². The van der Waals surface area contributed by atoms with Crippen molar-refractivity contribution >= 4 is 17.7 Å². The summed E-state index contributed by atoms with van der Waals surface area (Å²) in [4.78, 5) is 13.8. The van der Waals surface area contributed by atoms with Crippen molar-refractivity contribution in [2.75, 3.05) is 24.6 Å². The Labute approximate surface area is 126 Å². The van der Waals surface area contributed by atoms with Gasteiger partial charge in [-0.3, -0.25) is 4.79 Å². The van der Waals surface area contributed by atoms with Crippen molar-refractivity contribution in [1.29, 1.82) is 0 Å². The van der Waals surface area contributed by atoms with Gasteiger partial charge in [-0.2, -0.15) is 11.8 Å². The van der Waals surface area contributed by atoms with Crippen LogP contribution in [0.5, 0.6) is 0 Å². The quantitative estimate of drug-likeness (QED) is 0.749. The summed E-state index contributed by atoms with van der Waals surface area (Å²) in [6, 6.07) is 10.3. The maximum atomic E-state index is 12.1. The molecule has 0 saturated carbocycles. The molecule has 20 heavy (non-hydrogen) atoms. The minimum atomic E-state index is -0.833. The fourth-order valence-electron chi connectivity index (χ4n) is 1.93. The van der Waals surface area contributed by atoms with Gasteiger partial charge in [0.15, 0.2) is 0 Å². The molecule has 1 N–H and O–H groups in total. The molecule has 1 rings (SSSR count). The van der Waals surface area contributed by atoms with Crippen molar-refractivity contribution in [2.45, 2.75) is 32.8 Å². The summed E-state index contributed by atoms with van der Waals surface area (Å²) in [5.74, 6) is 1.53. The van der Waals surface area contributed by atoms with Crippen molar-refractivity contribution in [3.63, 3.8) is 0 Å². The number of nitrogens with zero attached hydrogens (tertiary/aromatic N) is 1. The molecule has 1 aromatic carbocycles. The standard InChI is InChI=1S/C16H25NO2S/c1-4-17(13-16(2,3)19)15(18)12-20-11-10-14-8-6-5-7-9-14/h5-9,19H,4,10-13H2,1-3H3. The molecule has 0 aliphatic heterocycles. The molecule has 0 heterocycles. The number of aryl methyl sites for hydroxylation is 1. The van der Waals surface area contributed by atoms with E-state index in [1.807, 2.05) is 25.1 Å². The predicted octanol–water partition coefficient (Wildman–Crippen LogP) is 2.58. The van der Waals surface area contributed by atoms with Crippen molar-refractivity contribution in [3.8, 4) is 0 Å². The minimum Gasteiger partial charge on any atom is -0.389 e. The first-order chi connectivity index (χ1) is 9.42. The van der Waals surface area contributed by atoms with Crippen LogP contribution in [0, 0.1) is 0 Å². The van der Waals surface area contributed by atoms with Crippen LogP contribution in [0.4, 0.5) is 0 Å². The van der Waals surface area contributed by atoms with Crippen LogP contribution in [-0.4, -0.2) is 46.1 Å². The van der Waals surface area contributed by atoms with Crippen LogP contribution in [0.25, 0.3) is 0 Å². The number of benzene rings is 1. The van der Waals surface area contributed by atoms with E-state index in [0.717, 1.165) is 12.2 Å². The zero-order chi connectivity index (χ0) is 15.0.